The molecule has 1 atom stereocenters. The van der Waals surface area contributed by atoms with E-state index in [1.54, 1.807) is 25.1 Å². The van der Waals surface area contributed by atoms with Crippen molar-refractivity contribution in [2.45, 2.75) is 26.4 Å². The largest absolute Gasteiger partial charge is 0.457 e. The molecule has 0 saturated carbocycles. The molecule has 0 fully saturated rings. The number of carbonyl (C=O) groups excluding carboxylic acids is 2. The first-order valence-electron chi connectivity index (χ1n) is 11.9. The molecule has 38 heavy (non-hydrogen) atoms. The topological polar surface area (TPSA) is 91.2 Å². The number of nitriles is 1. The van der Waals surface area contributed by atoms with Crippen LogP contribution in [0.5, 0.6) is 0 Å². The van der Waals surface area contributed by atoms with Crippen molar-refractivity contribution in [3.8, 4) is 6.07 Å². The van der Waals surface area contributed by atoms with Crippen LogP contribution in [0.25, 0.3) is 0 Å². The number of ether oxygens (including phenoxy) is 1. The number of carbonyl (C=O) groups is 2. The number of benzene rings is 3. The molecule has 2 N–H and O–H groups in total. The Bertz CT molecular complexity index is 1460. The van der Waals surface area contributed by atoms with Crippen LogP contribution in [0.4, 0.5) is 5.69 Å². The number of aryl methyl sites for hydroxylation is 1. The highest BCUT2D eigenvalue weighted by Crippen LogP contribution is 2.43. The van der Waals surface area contributed by atoms with Crippen molar-refractivity contribution in [3.63, 3.8) is 0 Å². The average molecular weight is 544 g/mol. The van der Waals surface area contributed by atoms with Crippen molar-refractivity contribution < 1.29 is 14.3 Å². The molecule has 8 heteroatoms. The summed E-state index contributed by atoms with van der Waals surface area (Å²) in [5.41, 5.74) is 4.29. The lowest BCUT2D eigenvalue weighted by atomic mass is 9.82. The predicted octanol–water partition coefficient (Wildman–Crippen LogP) is 6.46. The van der Waals surface area contributed by atoms with Crippen LogP contribution in [0.3, 0.4) is 0 Å². The van der Waals surface area contributed by atoms with Gasteiger partial charge in [0.25, 0.3) is 0 Å². The van der Waals surface area contributed by atoms with E-state index in [1.165, 1.54) is 11.8 Å². The number of thioether (sulfide) groups is 1. The molecule has 0 aromatic heterocycles. The Kier molecular flexibility index (Phi) is 8.90. The van der Waals surface area contributed by atoms with Crippen molar-refractivity contribution >= 4 is 40.9 Å². The number of allylic oxidation sites excluding steroid dienone is 2. The molecule has 192 valence electrons. The maximum Gasteiger partial charge on any atom is 0.337 e. The quantitative estimate of drug-likeness (QED) is 0.317. The fourth-order valence-electron chi connectivity index (χ4n) is 4.16. The van der Waals surface area contributed by atoms with Gasteiger partial charge >= 0.3 is 5.97 Å². The molecule has 6 nitrogen and oxygen atoms in total. The number of para-hydroxylation sites is 1. The van der Waals surface area contributed by atoms with Crippen molar-refractivity contribution in [1.29, 1.82) is 5.26 Å². The van der Waals surface area contributed by atoms with Gasteiger partial charge in [-0.3, -0.25) is 4.79 Å². The maximum absolute atomic E-state index is 13.4. The summed E-state index contributed by atoms with van der Waals surface area (Å²) in [6, 6.07) is 26.3. The molecule has 0 unspecified atom stereocenters. The minimum absolute atomic E-state index is 0.0676. The van der Waals surface area contributed by atoms with Gasteiger partial charge in [-0.15, -0.1) is 0 Å². The third-order valence-electron chi connectivity index (χ3n) is 6.06. The Labute approximate surface area is 231 Å². The molecule has 1 aliphatic rings. The highest BCUT2D eigenvalue weighted by atomic mass is 35.5. The molecule has 0 radical (unpaired) electrons. The molecule has 3 aromatic rings. The van der Waals surface area contributed by atoms with Gasteiger partial charge in [-0.1, -0.05) is 90.1 Å². The van der Waals surface area contributed by atoms with Gasteiger partial charge in [-0.2, -0.15) is 5.26 Å². The summed E-state index contributed by atoms with van der Waals surface area (Å²) in [4.78, 5) is 26.1. The Hall–Kier alpha value is -3.99. The van der Waals surface area contributed by atoms with Crippen LogP contribution in [-0.4, -0.2) is 17.6 Å². The lowest BCUT2D eigenvalue weighted by Gasteiger charge is -2.29. The summed E-state index contributed by atoms with van der Waals surface area (Å²) in [7, 11) is 0. The van der Waals surface area contributed by atoms with Crippen LogP contribution in [0.1, 0.15) is 29.5 Å². The number of hydrogen-bond acceptors (Lipinski definition) is 6. The van der Waals surface area contributed by atoms with Crippen LogP contribution in [0.15, 0.2) is 101 Å². The Morgan fingerprint density at radius 2 is 1.71 bits per heavy atom. The summed E-state index contributed by atoms with van der Waals surface area (Å²) < 4.78 is 5.65. The first-order valence-corrected chi connectivity index (χ1v) is 13.3. The standard InChI is InChI=1S/C30H26ClN3O3S/c1-19-10-6-9-15-25(19)34-26(35)18-38-29-23(16-32)28(22-13-7-8-14-24(22)31)27(20(2)33-29)30(36)37-17-21-11-4-3-5-12-21/h3-15,28,33H,17-18H2,1-2H3,(H,34,35)/t28-/m0/s1. The molecule has 0 aliphatic carbocycles. The number of anilines is 1. The Morgan fingerprint density at radius 1 is 1.03 bits per heavy atom. The minimum Gasteiger partial charge on any atom is -0.457 e. The lowest BCUT2D eigenvalue weighted by Crippen LogP contribution is -2.29. The summed E-state index contributed by atoms with van der Waals surface area (Å²) >= 11 is 7.75. The van der Waals surface area contributed by atoms with Gasteiger partial charge < -0.3 is 15.4 Å². The fourth-order valence-corrected chi connectivity index (χ4v) is 5.29. The zero-order valence-electron chi connectivity index (χ0n) is 21.0. The molecular formula is C30H26ClN3O3S. The van der Waals surface area contributed by atoms with Crippen LogP contribution >= 0.6 is 23.4 Å². The second kappa shape index (κ2) is 12.5. The number of halogens is 1. The van der Waals surface area contributed by atoms with Crippen molar-refractivity contribution in [3.05, 3.63) is 122 Å². The van der Waals surface area contributed by atoms with E-state index in [0.717, 1.165) is 16.8 Å². The van der Waals surface area contributed by atoms with Crippen molar-refractivity contribution in [2.24, 2.45) is 0 Å². The number of nitrogens with zero attached hydrogens (tertiary/aromatic N) is 1. The Morgan fingerprint density at radius 3 is 2.42 bits per heavy atom. The summed E-state index contributed by atoms with van der Waals surface area (Å²) in [6.45, 7) is 3.77. The van der Waals surface area contributed by atoms with E-state index in [1.807, 2.05) is 67.6 Å². The lowest BCUT2D eigenvalue weighted by molar-refractivity contribution is -0.140. The molecular weight excluding hydrogens is 518 g/mol. The van der Waals surface area contributed by atoms with Gasteiger partial charge in [-0.05, 0) is 42.7 Å². The fraction of sp³-hybridized carbons (Fsp3) is 0.167. The van der Waals surface area contributed by atoms with E-state index < -0.39 is 11.9 Å². The third kappa shape index (κ3) is 6.28. The van der Waals surface area contributed by atoms with Crippen LogP contribution in [-0.2, 0) is 20.9 Å². The van der Waals surface area contributed by atoms with Crippen LogP contribution in [0, 0.1) is 18.3 Å². The van der Waals surface area contributed by atoms with E-state index in [2.05, 4.69) is 16.7 Å². The number of rotatable bonds is 8. The van der Waals surface area contributed by atoms with E-state index in [9.17, 15) is 14.9 Å². The third-order valence-corrected chi connectivity index (χ3v) is 7.42. The van der Waals surface area contributed by atoms with Gasteiger partial charge in [0, 0.05) is 16.4 Å². The number of esters is 1. The summed E-state index contributed by atoms with van der Waals surface area (Å²) in [6.07, 6.45) is 0. The molecule has 0 bridgehead atoms. The zero-order valence-corrected chi connectivity index (χ0v) is 22.5. The number of amides is 1. The second-order valence-corrected chi connectivity index (χ2v) is 10.1. The summed E-state index contributed by atoms with van der Waals surface area (Å²) in [5, 5.41) is 17.2. The van der Waals surface area contributed by atoms with E-state index >= 15 is 0 Å². The predicted molar refractivity (Wildman–Crippen MR) is 151 cm³/mol. The van der Waals surface area contributed by atoms with E-state index in [4.69, 9.17) is 16.3 Å². The monoisotopic (exact) mass is 543 g/mol. The van der Waals surface area contributed by atoms with Crippen molar-refractivity contribution in [2.75, 3.05) is 11.1 Å². The SMILES string of the molecule is CC1=C(C(=O)OCc2ccccc2)[C@@H](c2ccccc2Cl)C(C#N)=C(SCC(=O)Nc2ccccc2C)N1. The van der Waals surface area contributed by atoms with E-state index in [0.29, 0.717) is 32.5 Å². The normalized spacial score (nSPS) is 14.9. The van der Waals surface area contributed by atoms with Gasteiger partial charge in [0.15, 0.2) is 0 Å². The van der Waals surface area contributed by atoms with Gasteiger partial charge in [0.05, 0.1) is 33.9 Å². The van der Waals surface area contributed by atoms with Crippen LogP contribution < -0.4 is 10.6 Å². The number of nitrogens with one attached hydrogen (secondary N) is 2. The van der Waals surface area contributed by atoms with Gasteiger partial charge in [-0.25, -0.2) is 4.79 Å². The maximum atomic E-state index is 13.4. The molecule has 0 saturated heterocycles. The molecule has 4 rings (SSSR count). The highest BCUT2D eigenvalue weighted by molar-refractivity contribution is 8.03. The highest BCUT2D eigenvalue weighted by Gasteiger charge is 2.36. The van der Waals surface area contributed by atoms with Gasteiger partial charge in [0.1, 0.15) is 6.61 Å². The zero-order chi connectivity index (χ0) is 27.1. The molecule has 0 spiro atoms. The van der Waals surface area contributed by atoms with Gasteiger partial charge in [0.2, 0.25) is 5.91 Å². The molecule has 1 heterocycles. The average Bonchev–Trinajstić information content (AvgIpc) is 2.92. The molecule has 3 aromatic carbocycles. The molecule has 1 amide bonds. The second-order valence-electron chi connectivity index (χ2n) is 8.69. The van der Waals surface area contributed by atoms with Crippen LogP contribution in [0.2, 0.25) is 5.02 Å². The Balaban J connectivity index is 1.61. The summed E-state index contributed by atoms with van der Waals surface area (Å²) in [5.74, 6) is -1.43. The number of hydrogen-bond donors (Lipinski definition) is 2. The minimum atomic E-state index is -0.750. The molecule has 1 aliphatic heterocycles. The van der Waals surface area contributed by atoms with E-state index in [-0.39, 0.29) is 18.3 Å². The first kappa shape index (κ1) is 27.1. The number of dihydropyridines is 1. The first-order chi connectivity index (χ1) is 18.4. The van der Waals surface area contributed by atoms with Crippen molar-refractivity contribution in [1.82, 2.24) is 5.32 Å². The smallest absolute Gasteiger partial charge is 0.337 e.